The van der Waals surface area contributed by atoms with Crippen LogP contribution in [-0.4, -0.2) is 32.3 Å². The lowest BCUT2D eigenvalue weighted by atomic mass is 10.1. The van der Waals surface area contributed by atoms with E-state index in [9.17, 15) is 9.90 Å². The summed E-state index contributed by atoms with van der Waals surface area (Å²) in [6.07, 6.45) is 6.36. The fraction of sp³-hybridized carbons (Fsp3) is 0.471. The van der Waals surface area contributed by atoms with E-state index < -0.39 is 6.10 Å². The molecule has 0 aromatic carbocycles. The zero-order valence-corrected chi connectivity index (χ0v) is 13.4. The first-order chi connectivity index (χ1) is 11.1. The number of aliphatic hydroxyl groups excluding tert-OH is 1. The van der Waals surface area contributed by atoms with E-state index in [4.69, 9.17) is 0 Å². The number of carbonyl (C=O) groups is 1. The largest absolute Gasteiger partial charge is 0.387 e. The van der Waals surface area contributed by atoms with Gasteiger partial charge in [-0.1, -0.05) is 0 Å². The van der Waals surface area contributed by atoms with Crippen molar-refractivity contribution in [2.45, 2.75) is 44.8 Å². The summed E-state index contributed by atoms with van der Waals surface area (Å²) in [6.45, 7) is 4.29. The normalized spacial score (nSPS) is 15.7. The van der Waals surface area contributed by atoms with Gasteiger partial charge in [0, 0.05) is 30.9 Å². The highest BCUT2D eigenvalue weighted by Crippen LogP contribution is 2.42. The van der Waals surface area contributed by atoms with Crippen LogP contribution in [0.3, 0.4) is 0 Å². The van der Waals surface area contributed by atoms with Gasteiger partial charge in [0.25, 0.3) is 5.91 Å². The molecule has 2 N–H and O–H groups in total. The number of nitrogens with one attached hydrogen (secondary N) is 1. The second-order valence-electron chi connectivity index (χ2n) is 6.26. The molecule has 1 saturated carbocycles. The zero-order valence-electron chi connectivity index (χ0n) is 13.4. The molecule has 1 atom stereocenters. The Morgan fingerprint density at radius 2 is 2.09 bits per heavy atom. The van der Waals surface area contributed by atoms with Crippen molar-refractivity contribution in [3.05, 3.63) is 47.5 Å². The fourth-order valence-corrected chi connectivity index (χ4v) is 2.71. The van der Waals surface area contributed by atoms with Gasteiger partial charge in [0.15, 0.2) is 0 Å². The van der Waals surface area contributed by atoms with E-state index in [1.807, 2.05) is 4.68 Å². The van der Waals surface area contributed by atoms with Gasteiger partial charge >= 0.3 is 0 Å². The average molecular weight is 314 g/mol. The maximum Gasteiger partial charge on any atom is 0.254 e. The number of amides is 1. The number of rotatable bonds is 6. The number of hydrogen-bond acceptors (Lipinski definition) is 4. The highest BCUT2D eigenvalue weighted by Gasteiger charge is 2.33. The van der Waals surface area contributed by atoms with E-state index in [2.05, 4.69) is 29.2 Å². The Balaban J connectivity index is 1.69. The molecule has 1 aliphatic rings. The molecule has 2 aromatic heterocycles. The minimum absolute atomic E-state index is 0.166. The second-order valence-corrected chi connectivity index (χ2v) is 6.26. The van der Waals surface area contributed by atoms with Crippen LogP contribution in [-0.2, 0) is 0 Å². The van der Waals surface area contributed by atoms with Crippen LogP contribution in [0, 0.1) is 0 Å². The van der Waals surface area contributed by atoms with Crippen LogP contribution in [0.5, 0.6) is 0 Å². The number of pyridine rings is 1. The van der Waals surface area contributed by atoms with Crippen LogP contribution in [0.1, 0.15) is 66.4 Å². The van der Waals surface area contributed by atoms with Gasteiger partial charge in [0.1, 0.15) is 0 Å². The second kappa shape index (κ2) is 6.50. The molecule has 122 valence electrons. The number of nitrogens with zero attached hydrogens (tertiary/aromatic N) is 3. The molecule has 0 radical (unpaired) electrons. The molecule has 1 aliphatic carbocycles. The molecule has 0 spiro atoms. The first kappa shape index (κ1) is 15.7. The molecule has 1 amide bonds. The molecular formula is C17H22N4O2. The maximum absolute atomic E-state index is 12.5. The van der Waals surface area contributed by atoms with Crippen molar-refractivity contribution in [3.63, 3.8) is 0 Å². The standard InChI is InChI=1S/C17H22N4O2/c1-11(2)21-16(13-3-4-13)14(9-20-21)17(23)19-10-15(22)12-5-7-18-8-6-12/h5-9,11,13,15,22H,3-4,10H2,1-2H3,(H,19,23). The smallest absolute Gasteiger partial charge is 0.254 e. The lowest BCUT2D eigenvalue weighted by Gasteiger charge is -2.14. The molecule has 0 bridgehead atoms. The van der Waals surface area contributed by atoms with E-state index in [-0.39, 0.29) is 18.5 Å². The van der Waals surface area contributed by atoms with Crippen LogP contribution in [0.25, 0.3) is 0 Å². The Labute approximate surface area is 135 Å². The number of aliphatic hydroxyl groups is 1. The highest BCUT2D eigenvalue weighted by atomic mass is 16.3. The molecule has 23 heavy (non-hydrogen) atoms. The van der Waals surface area contributed by atoms with Crippen LogP contribution in [0.4, 0.5) is 0 Å². The number of hydrogen-bond donors (Lipinski definition) is 2. The third-order valence-electron chi connectivity index (χ3n) is 4.08. The third kappa shape index (κ3) is 3.42. The van der Waals surface area contributed by atoms with Gasteiger partial charge in [-0.25, -0.2) is 0 Å². The third-order valence-corrected chi connectivity index (χ3v) is 4.08. The topological polar surface area (TPSA) is 80.0 Å². The first-order valence-electron chi connectivity index (χ1n) is 8.01. The SMILES string of the molecule is CC(C)n1ncc(C(=O)NCC(O)c2ccncc2)c1C1CC1. The molecule has 6 heteroatoms. The summed E-state index contributed by atoms with van der Waals surface area (Å²) < 4.78 is 1.94. The summed E-state index contributed by atoms with van der Waals surface area (Å²) in [6, 6.07) is 3.71. The molecule has 2 aromatic rings. The summed E-state index contributed by atoms with van der Waals surface area (Å²) in [5.74, 6) is 0.262. The molecule has 0 aliphatic heterocycles. The van der Waals surface area contributed by atoms with Crippen LogP contribution in [0.15, 0.2) is 30.7 Å². The lowest BCUT2D eigenvalue weighted by Crippen LogP contribution is -2.29. The molecular weight excluding hydrogens is 292 g/mol. The molecule has 0 saturated heterocycles. The Morgan fingerprint density at radius 3 is 2.70 bits per heavy atom. The fourth-order valence-electron chi connectivity index (χ4n) is 2.71. The van der Waals surface area contributed by atoms with Gasteiger partial charge in [-0.3, -0.25) is 14.5 Å². The predicted molar refractivity (Wildman–Crippen MR) is 86.1 cm³/mol. The maximum atomic E-state index is 12.5. The summed E-state index contributed by atoms with van der Waals surface area (Å²) in [4.78, 5) is 16.4. The number of carbonyl (C=O) groups excluding carboxylic acids is 1. The van der Waals surface area contributed by atoms with Gasteiger partial charge in [-0.05, 0) is 44.4 Å². The van der Waals surface area contributed by atoms with Crippen molar-refractivity contribution >= 4 is 5.91 Å². The molecule has 3 rings (SSSR count). The Kier molecular flexibility index (Phi) is 4.43. The van der Waals surface area contributed by atoms with Crippen LogP contribution in [0.2, 0.25) is 0 Å². The summed E-state index contributed by atoms with van der Waals surface area (Å²) in [5, 5.41) is 17.3. The van der Waals surface area contributed by atoms with E-state index in [1.165, 1.54) is 0 Å². The summed E-state index contributed by atoms with van der Waals surface area (Å²) >= 11 is 0. The van der Waals surface area contributed by atoms with Crippen molar-refractivity contribution in [3.8, 4) is 0 Å². The molecule has 1 unspecified atom stereocenters. The van der Waals surface area contributed by atoms with Crippen LogP contribution >= 0.6 is 0 Å². The van der Waals surface area contributed by atoms with Crippen molar-refractivity contribution in [2.75, 3.05) is 6.54 Å². The van der Waals surface area contributed by atoms with E-state index >= 15 is 0 Å². The molecule has 2 heterocycles. The minimum atomic E-state index is -0.744. The first-order valence-corrected chi connectivity index (χ1v) is 8.01. The van der Waals surface area contributed by atoms with Crippen molar-refractivity contribution in [1.82, 2.24) is 20.1 Å². The average Bonchev–Trinajstić information content (AvgIpc) is 3.30. The zero-order chi connectivity index (χ0) is 16.4. The molecule has 1 fully saturated rings. The van der Waals surface area contributed by atoms with Gasteiger partial charge in [-0.15, -0.1) is 0 Å². The van der Waals surface area contributed by atoms with Gasteiger partial charge in [0.2, 0.25) is 0 Å². The summed E-state index contributed by atoms with van der Waals surface area (Å²) in [5.41, 5.74) is 2.39. The highest BCUT2D eigenvalue weighted by molar-refractivity contribution is 5.95. The monoisotopic (exact) mass is 314 g/mol. The van der Waals surface area contributed by atoms with E-state index in [0.717, 1.165) is 24.1 Å². The predicted octanol–water partition coefficient (Wildman–Crippen LogP) is 2.20. The molecule has 6 nitrogen and oxygen atoms in total. The van der Waals surface area contributed by atoms with E-state index in [1.54, 1.807) is 30.7 Å². The summed E-state index contributed by atoms with van der Waals surface area (Å²) in [7, 11) is 0. The quantitative estimate of drug-likeness (QED) is 0.856. The Morgan fingerprint density at radius 1 is 1.39 bits per heavy atom. The van der Waals surface area contributed by atoms with Gasteiger partial charge < -0.3 is 10.4 Å². The van der Waals surface area contributed by atoms with Crippen molar-refractivity contribution in [2.24, 2.45) is 0 Å². The van der Waals surface area contributed by atoms with Crippen molar-refractivity contribution in [1.29, 1.82) is 0 Å². The lowest BCUT2D eigenvalue weighted by molar-refractivity contribution is 0.0915. The van der Waals surface area contributed by atoms with Gasteiger partial charge in [0.05, 0.1) is 23.6 Å². The van der Waals surface area contributed by atoms with E-state index in [0.29, 0.717) is 11.5 Å². The van der Waals surface area contributed by atoms with Crippen LogP contribution < -0.4 is 5.32 Å². The van der Waals surface area contributed by atoms with Gasteiger partial charge in [-0.2, -0.15) is 5.10 Å². The van der Waals surface area contributed by atoms with Crippen molar-refractivity contribution < 1.29 is 9.90 Å². The number of aromatic nitrogens is 3. The Bertz CT molecular complexity index is 677. The Hall–Kier alpha value is -2.21. The minimum Gasteiger partial charge on any atom is -0.387 e.